The molecule has 31 heavy (non-hydrogen) atoms. The summed E-state index contributed by atoms with van der Waals surface area (Å²) < 4.78 is 7.49. The van der Waals surface area contributed by atoms with Crippen LogP contribution in [0.2, 0.25) is 0 Å². The number of aromatic nitrogens is 6. The van der Waals surface area contributed by atoms with Gasteiger partial charge in [-0.3, -0.25) is 4.90 Å². The summed E-state index contributed by atoms with van der Waals surface area (Å²) in [6.07, 6.45) is 5.25. The molecule has 3 aromatic rings. The molecule has 0 amide bonds. The van der Waals surface area contributed by atoms with Gasteiger partial charge in [0.25, 0.3) is 0 Å². The Hall–Kier alpha value is -2.89. The molecule has 0 aromatic carbocycles. The zero-order valence-electron chi connectivity index (χ0n) is 17.8. The van der Waals surface area contributed by atoms with Crippen LogP contribution in [0.4, 0.5) is 11.9 Å². The molecule has 2 fully saturated rings. The molecule has 0 bridgehead atoms. The first kappa shape index (κ1) is 20.0. The maximum atomic E-state index is 5.69. The SMILES string of the molecule is CN1CCN(CCn2ncc3c(-c4cnc(N)nc4)nc(N4CCOCC4)nc32)CC1. The van der Waals surface area contributed by atoms with E-state index in [2.05, 4.69) is 36.8 Å². The minimum atomic E-state index is 0.241. The van der Waals surface area contributed by atoms with E-state index in [4.69, 9.17) is 20.4 Å². The number of hydrogen-bond acceptors (Lipinski definition) is 10. The Balaban J connectivity index is 1.48. The Morgan fingerprint density at radius 1 is 0.935 bits per heavy atom. The number of morpholine rings is 1. The number of nitrogens with zero attached hydrogens (tertiary/aromatic N) is 9. The molecule has 2 aliphatic heterocycles. The fraction of sp³-hybridized carbons (Fsp3) is 0.550. The van der Waals surface area contributed by atoms with Crippen LogP contribution in [0.1, 0.15) is 0 Å². The summed E-state index contributed by atoms with van der Waals surface area (Å²) in [7, 11) is 2.17. The Morgan fingerprint density at radius 3 is 2.42 bits per heavy atom. The summed E-state index contributed by atoms with van der Waals surface area (Å²) in [6.45, 7) is 8.96. The van der Waals surface area contributed by atoms with Crippen molar-refractivity contribution in [3.63, 3.8) is 0 Å². The molecule has 0 radical (unpaired) electrons. The summed E-state index contributed by atoms with van der Waals surface area (Å²) >= 11 is 0. The van der Waals surface area contributed by atoms with E-state index in [-0.39, 0.29) is 5.95 Å². The van der Waals surface area contributed by atoms with E-state index in [9.17, 15) is 0 Å². The van der Waals surface area contributed by atoms with Gasteiger partial charge in [-0.05, 0) is 7.05 Å². The Bertz CT molecular complexity index is 1020. The highest BCUT2D eigenvalue weighted by atomic mass is 16.5. The number of rotatable bonds is 5. The molecule has 164 valence electrons. The van der Waals surface area contributed by atoms with Crippen molar-refractivity contribution in [1.29, 1.82) is 0 Å². The van der Waals surface area contributed by atoms with Crippen molar-refractivity contribution in [2.75, 3.05) is 76.7 Å². The van der Waals surface area contributed by atoms with Gasteiger partial charge in [0.15, 0.2) is 5.65 Å². The van der Waals surface area contributed by atoms with E-state index in [1.807, 2.05) is 10.9 Å². The van der Waals surface area contributed by atoms with Crippen LogP contribution in [0, 0.1) is 0 Å². The summed E-state index contributed by atoms with van der Waals surface area (Å²) in [5.41, 5.74) is 8.09. The molecule has 5 heterocycles. The zero-order chi connectivity index (χ0) is 21.2. The van der Waals surface area contributed by atoms with Crippen LogP contribution in [0.5, 0.6) is 0 Å². The smallest absolute Gasteiger partial charge is 0.228 e. The van der Waals surface area contributed by atoms with Gasteiger partial charge < -0.3 is 20.3 Å². The molecule has 2 aliphatic rings. The van der Waals surface area contributed by atoms with Gasteiger partial charge >= 0.3 is 0 Å². The molecule has 5 rings (SSSR count). The molecule has 3 aromatic heterocycles. The van der Waals surface area contributed by atoms with E-state index in [1.165, 1.54) is 0 Å². The van der Waals surface area contributed by atoms with Crippen molar-refractivity contribution in [1.82, 2.24) is 39.5 Å². The van der Waals surface area contributed by atoms with Crippen LogP contribution < -0.4 is 10.6 Å². The maximum Gasteiger partial charge on any atom is 0.228 e. The minimum absolute atomic E-state index is 0.241. The molecule has 0 saturated carbocycles. The van der Waals surface area contributed by atoms with Crippen LogP contribution in [0.25, 0.3) is 22.3 Å². The van der Waals surface area contributed by atoms with Crippen LogP contribution in [0.3, 0.4) is 0 Å². The third-order valence-electron chi connectivity index (χ3n) is 5.95. The molecule has 0 atom stereocenters. The number of nitrogen functional groups attached to an aromatic ring is 1. The van der Waals surface area contributed by atoms with Crippen LogP contribution in [-0.4, -0.2) is 106 Å². The van der Waals surface area contributed by atoms with Gasteiger partial charge in [0, 0.05) is 63.8 Å². The van der Waals surface area contributed by atoms with E-state index in [1.54, 1.807) is 12.4 Å². The first-order valence-corrected chi connectivity index (χ1v) is 10.7. The molecule has 11 nitrogen and oxygen atoms in total. The molecule has 0 aliphatic carbocycles. The second kappa shape index (κ2) is 8.69. The van der Waals surface area contributed by atoms with Crippen molar-refractivity contribution in [3.8, 4) is 11.3 Å². The summed E-state index contributed by atoms with van der Waals surface area (Å²) in [6, 6.07) is 0. The number of hydrogen-bond donors (Lipinski definition) is 1. The predicted molar refractivity (Wildman–Crippen MR) is 118 cm³/mol. The Kier molecular flexibility index (Phi) is 5.62. The number of likely N-dealkylation sites (N-methyl/N-ethyl adjacent to an activating group) is 1. The molecule has 2 N–H and O–H groups in total. The van der Waals surface area contributed by atoms with E-state index < -0.39 is 0 Å². The number of piperazine rings is 1. The first-order chi connectivity index (χ1) is 15.2. The van der Waals surface area contributed by atoms with Crippen LogP contribution in [0.15, 0.2) is 18.6 Å². The fourth-order valence-electron chi connectivity index (χ4n) is 4.00. The molecule has 2 saturated heterocycles. The highest BCUT2D eigenvalue weighted by Gasteiger charge is 2.21. The van der Waals surface area contributed by atoms with Gasteiger partial charge in [-0.15, -0.1) is 0 Å². The summed E-state index contributed by atoms with van der Waals surface area (Å²) in [5, 5.41) is 5.55. The van der Waals surface area contributed by atoms with Crippen molar-refractivity contribution in [2.45, 2.75) is 6.54 Å². The number of nitrogens with two attached hydrogens (primary N) is 1. The second-order valence-electron chi connectivity index (χ2n) is 8.05. The van der Waals surface area contributed by atoms with Crippen molar-refractivity contribution in [2.24, 2.45) is 0 Å². The standard InChI is InChI=1S/C20H28N10O/c1-27-2-4-28(5-3-27)6-7-30-18-16(14-24-30)17(15-12-22-19(21)23-13-15)25-20(26-18)29-8-10-31-11-9-29/h12-14H,2-11H2,1H3,(H2,21,22,23). The highest BCUT2D eigenvalue weighted by molar-refractivity contribution is 5.90. The lowest BCUT2D eigenvalue weighted by atomic mass is 10.2. The molecule has 0 spiro atoms. The average Bonchev–Trinajstić information content (AvgIpc) is 3.22. The topological polar surface area (TPSA) is 114 Å². The number of anilines is 2. The predicted octanol–water partition coefficient (Wildman–Crippen LogP) is -0.0505. The normalized spacial score (nSPS) is 18.7. The number of ether oxygens (including phenoxy) is 1. The van der Waals surface area contributed by atoms with E-state index >= 15 is 0 Å². The third-order valence-corrected chi connectivity index (χ3v) is 5.95. The molecular formula is C20H28N10O. The van der Waals surface area contributed by atoms with Gasteiger partial charge in [0.2, 0.25) is 11.9 Å². The van der Waals surface area contributed by atoms with Gasteiger partial charge in [-0.1, -0.05) is 0 Å². The highest BCUT2D eigenvalue weighted by Crippen LogP contribution is 2.28. The van der Waals surface area contributed by atoms with Gasteiger partial charge in [-0.2, -0.15) is 10.1 Å². The van der Waals surface area contributed by atoms with Gasteiger partial charge in [0.1, 0.15) is 0 Å². The van der Waals surface area contributed by atoms with Gasteiger partial charge in [-0.25, -0.2) is 19.6 Å². The maximum absolute atomic E-state index is 5.69. The van der Waals surface area contributed by atoms with E-state index in [0.29, 0.717) is 19.2 Å². The van der Waals surface area contributed by atoms with Crippen molar-refractivity contribution in [3.05, 3.63) is 18.6 Å². The quantitative estimate of drug-likeness (QED) is 0.598. The Labute approximate surface area is 180 Å². The second-order valence-corrected chi connectivity index (χ2v) is 8.05. The minimum Gasteiger partial charge on any atom is -0.378 e. The lowest BCUT2D eigenvalue weighted by Crippen LogP contribution is -2.45. The first-order valence-electron chi connectivity index (χ1n) is 10.7. The van der Waals surface area contributed by atoms with Crippen LogP contribution in [-0.2, 0) is 11.3 Å². The van der Waals surface area contributed by atoms with Gasteiger partial charge in [0.05, 0.1) is 37.0 Å². The van der Waals surface area contributed by atoms with E-state index in [0.717, 1.165) is 74.6 Å². The summed E-state index contributed by atoms with van der Waals surface area (Å²) in [5.74, 6) is 0.925. The largest absolute Gasteiger partial charge is 0.378 e. The zero-order valence-corrected chi connectivity index (χ0v) is 17.8. The fourth-order valence-corrected chi connectivity index (χ4v) is 4.00. The monoisotopic (exact) mass is 424 g/mol. The number of fused-ring (bicyclic) bond motifs is 1. The van der Waals surface area contributed by atoms with Crippen molar-refractivity contribution >= 4 is 22.9 Å². The Morgan fingerprint density at radius 2 is 1.68 bits per heavy atom. The molecule has 11 heteroatoms. The van der Waals surface area contributed by atoms with Crippen LogP contribution >= 0.6 is 0 Å². The average molecular weight is 425 g/mol. The molecule has 0 unspecified atom stereocenters. The third kappa shape index (κ3) is 4.29. The summed E-state index contributed by atoms with van der Waals surface area (Å²) in [4.78, 5) is 25.1. The van der Waals surface area contributed by atoms with Crippen molar-refractivity contribution < 1.29 is 4.74 Å². The molecular weight excluding hydrogens is 396 g/mol. The lowest BCUT2D eigenvalue weighted by Gasteiger charge is -2.32. The lowest BCUT2D eigenvalue weighted by molar-refractivity contribution is 0.122.